The normalized spacial score (nSPS) is 12.2. The molecule has 146 valence electrons. The highest BCUT2D eigenvalue weighted by atomic mass is 16.6. The van der Waals surface area contributed by atoms with E-state index in [2.05, 4.69) is 24.3 Å². The quantitative estimate of drug-likeness (QED) is 0.657. The lowest BCUT2D eigenvalue weighted by atomic mass is 9.98. The number of hydrogen-bond acceptors (Lipinski definition) is 3. The highest BCUT2D eigenvalue weighted by Gasteiger charge is 2.30. The topological polar surface area (TPSA) is 66.8 Å². The summed E-state index contributed by atoms with van der Waals surface area (Å²) in [4.78, 5) is 25.7. The van der Waals surface area contributed by atoms with Crippen molar-refractivity contribution in [1.29, 1.82) is 0 Å². The van der Waals surface area contributed by atoms with Crippen molar-refractivity contribution in [1.82, 2.24) is 0 Å². The van der Waals surface area contributed by atoms with E-state index < -0.39 is 12.1 Å². The van der Waals surface area contributed by atoms with E-state index in [1.54, 1.807) is 25.1 Å². The number of aromatic carboxylic acids is 1. The van der Waals surface area contributed by atoms with E-state index in [1.165, 1.54) is 11.0 Å². The molecule has 0 spiro atoms. The lowest BCUT2D eigenvalue weighted by molar-refractivity contribution is 0.0697. The van der Waals surface area contributed by atoms with Gasteiger partial charge in [0.05, 0.1) is 11.3 Å². The summed E-state index contributed by atoms with van der Waals surface area (Å²) < 4.78 is 5.68. The molecule has 0 radical (unpaired) electrons. The number of rotatable bonds is 5. The summed E-state index contributed by atoms with van der Waals surface area (Å²) in [5.74, 6) is -1.12. The smallest absolute Gasteiger partial charge is 0.414 e. The van der Waals surface area contributed by atoms with E-state index in [4.69, 9.17) is 4.74 Å². The fourth-order valence-corrected chi connectivity index (χ4v) is 3.96. The van der Waals surface area contributed by atoms with Crippen molar-refractivity contribution in [3.8, 4) is 11.1 Å². The molecule has 1 aliphatic rings. The minimum atomic E-state index is -1.08. The van der Waals surface area contributed by atoms with E-state index in [0.717, 1.165) is 22.3 Å². The Balaban J connectivity index is 1.58. The SMILES string of the molecule is CCN(C(=O)OCC1c2ccccc2-c2ccccc21)c1ccccc1C(=O)O. The van der Waals surface area contributed by atoms with E-state index >= 15 is 0 Å². The van der Waals surface area contributed by atoms with Crippen LogP contribution in [0.4, 0.5) is 10.5 Å². The Morgan fingerprint density at radius 2 is 1.45 bits per heavy atom. The van der Waals surface area contributed by atoms with Gasteiger partial charge in [0.1, 0.15) is 6.61 Å². The molecule has 1 N–H and O–H groups in total. The van der Waals surface area contributed by atoms with Crippen LogP contribution in [-0.2, 0) is 4.74 Å². The number of carboxylic acids is 1. The molecule has 0 saturated heterocycles. The summed E-state index contributed by atoms with van der Waals surface area (Å²) in [5.41, 5.74) is 4.99. The molecule has 3 aromatic carbocycles. The van der Waals surface area contributed by atoms with Gasteiger partial charge in [-0.25, -0.2) is 9.59 Å². The molecule has 4 rings (SSSR count). The number of amides is 1. The van der Waals surface area contributed by atoms with Crippen LogP contribution in [0.15, 0.2) is 72.8 Å². The van der Waals surface area contributed by atoms with Crippen molar-refractivity contribution in [2.75, 3.05) is 18.1 Å². The molecule has 0 saturated carbocycles. The minimum Gasteiger partial charge on any atom is -0.478 e. The van der Waals surface area contributed by atoms with Crippen LogP contribution in [0.2, 0.25) is 0 Å². The van der Waals surface area contributed by atoms with Crippen molar-refractivity contribution in [2.24, 2.45) is 0 Å². The van der Waals surface area contributed by atoms with Gasteiger partial charge >= 0.3 is 12.1 Å². The number of nitrogens with zero attached hydrogens (tertiary/aromatic N) is 1. The zero-order chi connectivity index (χ0) is 20.4. The number of carboxylic acid groups (broad SMARTS) is 1. The van der Waals surface area contributed by atoms with E-state index in [1.807, 2.05) is 24.3 Å². The summed E-state index contributed by atoms with van der Waals surface area (Å²) in [6.07, 6.45) is -0.553. The van der Waals surface area contributed by atoms with Crippen LogP contribution in [0.25, 0.3) is 11.1 Å². The number of benzene rings is 3. The molecule has 0 aliphatic heterocycles. The van der Waals surface area contributed by atoms with Gasteiger partial charge in [-0.1, -0.05) is 60.7 Å². The molecule has 1 aliphatic carbocycles. The molecule has 29 heavy (non-hydrogen) atoms. The number of fused-ring (bicyclic) bond motifs is 3. The first kappa shape index (κ1) is 18.7. The van der Waals surface area contributed by atoms with E-state index in [-0.39, 0.29) is 18.1 Å². The van der Waals surface area contributed by atoms with Gasteiger partial charge in [0, 0.05) is 12.5 Å². The number of hydrogen-bond donors (Lipinski definition) is 1. The van der Waals surface area contributed by atoms with Crippen LogP contribution in [0.3, 0.4) is 0 Å². The van der Waals surface area contributed by atoms with E-state index in [9.17, 15) is 14.7 Å². The first-order valence-corrected chi connectivity index (χ1v) is 9.56. The monoisotopic (exact) mass is 387 g/mol. The molecule has 5 nitrogen and oxygen atoms in total. The highest BCUT2D eigenvalue weighted by Crippen LogP contribution is 2.44. The van der Waals surface area contributed by atoms with Crippen LogP contribution in [0.5, 0.6) is 0 Å². The third kappa shape index (κ3) is 3.36. The zero-order valence-corrected chi connectivity index (χ0v) is 16.0. The Bertz CT molecular complexity index is 1030. The number of anilines is 1. The Morgan fingerprint density at radius 1 is 0.897 bits per heavy atom. The van der Waals surface area contributed by atoms with Crippen molar-refractivity contribution in [2.45, 2.75) is 12.8 Å². The maximum atomic E-state index is 12.8. The summed E-state index contributed by atoms with van der Waals surface area (Å²) in [5, 5.41) is 9.43. The second-order valence-electron chi connectivity index (χ2n) is 6.87. The first-order chi connectivity index (χ1) is 14.1. The van der Waals surface area contributed by atoms with Crippen molar-refractivity contribution >= 4 is 17.7 Å². The fourth-order valence-electron chi connectivity index (χ4n) is 3.96. The highest BCUT2D eigenvalue weighted by molar-refractivity contribution is 5.99. The second-order valence-corrected chi connectivity index (χ2v) is 6.87. The number of carbonyl (C=O) groups excluding carboxylic acids is 1. The van der Waals surface area contributed by atoms with E-state index in [0.29, 0.717) is 12.2 Å². The molecule has 1 amide bonds. The van der Waals surface area contributed by atoms with Gasteiger partial charge in [0.15, 0.2) is 0 Å². The average molecular weight is 387 g/mol. The number of carbonyl (C=O) groups is 2. The molecule has 0 atom stereocenters. The lowest BCUT2D eigenvalue weighted by Crippen LogP contribution is -2.33. The molecule has 5 heteroatoms. The van der Waals surface area contributed by atoms with Gasteiger partial charge in [-0.15, -0.1) is 0 Å². The predicted molar refractivity (Wildman–Crippen MR) is 111 cm³/mol. The molecular formula is C24H21NO4. The van der Waals surface area contributed by atoms with Crippen LogP contribution >= 0.6 is 0 Å². The van der Waals surface area contributed by atoms with Crippen molar-refractivity contribution in [3.05, 3.63) is 89.5 Å². The fraction of sp³-hybridized carbons (Fsp3) is 0.167. The Hall–Kier alpha value is -3.60. The standard InChI is InChI=1S/C24H21NO4/c1-2-25(22-14-8-7-13-20(22)23(26)27)24(28)29-15-21-18-11-5-3-9-16(18)17-10-4-6-12-19(17)21/h3-14,21H,2,15H2,1H3,(H,26,27). The maximum Gasteiger partial charge on any atom is 0.414 e. The Kier molecular flexibility index (Phi) is 5.04. The van der Waals surface area contributed by atoms with Crippen LogP contribution in [0.1, 0.15) is 34.3 Å². The maximum absolute atomic E-state index is 12.8. The van der Waals surface area contributed by atoms with Crippen LogP contribution in [0, 0.1) is 0 Å². The van der Waals surface area contributed by atoms with Gasteiger partial charge in [-0.05, 0) is 41.3 Å². The first-order valence-electron chi connectivity index (χ1n) is 9.56. The van der Waals surface area contributed by atoms with Gasteiger partial charge in [0.2, 0.25) is 0 Å². The third-order valence-electron chi connectivity index (χ3n) is 5.30. The zero-order valence-electron chi connectivity index (χ0n) is 16.0. The predicted octanol–water partition coefficient (Wildman–Crippen LogP) is 5.16. The lowest BCUT2D eigenvalue weighted by Gasteiger charge is -2.23. The number of ether oxygens (including phenoxy) is 1. The van der Waals surface area contributed by atoms with Crippen LogP contribution < -0.4 is 4.90 Å². The van der Waals surface area contributed by atoms with Gasteiger partial charge in [-0.3, -0.25) is 4.90 Å². The average Bonchev–Trinajstić information content (AvgIpc) is 3.07. The van der Waals surface area contributed by atoms with Crippen molar-refractivity contribution < 1.29 is 19.4 Å². The summed E-state index contributed by atoms with van der Waals surface area (Å²) >= 11 is 0. The summed E-state index contributed by atoms with van der Waals surface area (Å²) in [7, 11) is 0. The summed E-state index contributed by atoms with van der Waals surface area (Å²) in [6.45, 7) is 2.29. The number of para-hydroxylation sites is 1. The minimum absolute atomic E-state index is 0.0419. The molecule has 0 heterocycles. The molecule has 0 bridgehead atoms. The molecule has 0 fully saturated rings. The van der Waals surface area contributed by atoms with Gasteiger partial charge in [-0.2, -0.15) is 0 Å². The summed E-state index contributed by atoms with van der Waals surface area (Å²) in [6, 6.07) is 22.7. The molecule has 0 aromatic heterocycles. The Labute approximate surface area is 169 Å². The van der Waals surface area contributed by atoms with Gasteiger partial charge < -0.3 is 9.84 Å². The largest absolute Gasteiger partial charge is 0.478 e. The molecule has 0 unspecified atom stereocenters. The third-order valence-corrected chi connectivity index (χ3v) is 5.30. The van der Waals surface area contributed by atoms with Crippen LogP contribution in [-0.4, -0.2) is 30.3 Å². The molecular weight excluding hydrogens is 366 g/mol. The van der Waals surface area contributed by atoms with Gasteiger partial charge in [0.25, 0.3) is 0 Å². The Morgan fingerprint density at radius 3 is 2.03 bits per heavy atom. The molecule has 3 aromatic rings. The second kappa shape index (κ2) is 7.80. The van der Waals surface area contributed by atoms with Crippen molar-refractivity contribution in [3.63, 3.8) is 0 Å².